The fourth-order valence-corrected chi connectivity index (χ4v) is 4.19. The second kappa shape index (κ2) is 9.82. The van der Waals surface area contributed by atoms with E-state index < -0.39 is 0 Å². The number of amides is 1. The second-order valence-corrected chi connectivity index (χ2v) is 7.90. The molecule has 4 nitrogen and oxygen atoms in total. The zero-order valence-corrected chi connectivity index (χ0v) is 16.7. The maximum atomic E-state index is 12.2. The van der Waals surface area contributed by atoms with Crippen LogP contribution in [0.3, 0.4) is 0 Å². The number of nitrogens with zero attached hydrogens (tertiary/aromatic N) is 1. The highest BCUT2D eigenvalue weighted by molar-refractivity contribution is 5.76. The molecule has 1 aromatic rings. The molecule has 1 heterocycles. The van der Waals surface area contributed by atoms with Crippen molar-refractivity contribution in [3.8, 4) is 0 Å². The van der Waals surface area contributed by atoms with Crippen LogP contribution in [0, 0.1) is 0 Å². The zero-order chi connectivity index (χ0) is 19.1. The molecule has 0 saturated carbocycles. The minimum absolute atomic E-state index is 0.144. The van der Waals surface area contributed by atoms with Crippen molar-refractivity contribution < 1.29 is 9.53 Å². The summed E-state index contributed by atoms with van der Waals surface area (Å²) >= 11 is 0. The molecule has 1 aliphatic carbocycles. The number of piperidine rings is 1. The van der Waals surface area contributed by atoms with Crippen molar-refractivity contribution in [3.63, 3.8) is 0 Å². The number of anilines is 1. The van der Waals surface area contributed by atoms with Crippen LogP contribution < -0.4 is 5.73 Å². The Morgan fingerprint density at radius 2 is 2.04 bits per heavy atom. The van der Waals surface area contributed by atoms with Gasteiger partial charge >= 0.3 is 6.09 Å². The molecule has 27 heavy (non-hydrogen) atoms. The van der Waals surface area contributed by atoms with Crippen molar-refractivity contribution in [1.29, 1.82) is 0 Å². The van der Waals surface area contributed by atoms with Gasteiger partial charge in [0.25, 0.3) is 0 Å². The second-order valence-electron chi connectivity index (χ2n) is 7.90. The van der Waals surface area contributed by atoms with Gasteiger partial charge in [-0.15, -0.1) is 0 Å². The topological polar surface area (TPSA) is 55.6 Å². The van der Waals surface area contributed by atoms with Gasteiger partial charge in [0.15, 0.2) is 0 Å². The van der Waals surface area contributed by atoms with Crippen LogP contribution >= 0.6 is 0 Å². The molecule has 0 aromatic heterocycles. The molecule has 0 atom stereocenters. The summed E-state index contributed by atoms with van der Waals surface area (Å²) in [5.74, 6) is 0.498. The van der Waals surface area contributed by atoms with Gasteiger partial charge in [0.2, 0.25) is 0 Å². The number of unbranched alkanes of at least 4 members (excludes halogenated alkanes) is 2. The molecule has 3 rings (SSSR count). The third-order valence-corrected chi connectivity index (χ3v) is 5.91. The van der Waals surface area contributed by atoms with E-state index >= 15 is 0 Å². The van der Waals surface area contributed by atoms with Gasteiger partial charge in [-0.1, -0.05) is 31.9 Å². The summed E-state index contributed by atoms with van der Waals surface area (Å²) in [6.07, 6.45) is 12.3. The van der Waals surface area contributed by atoms with Gasteiger partial charge in [-0.2, -0.15) is 0 Å². The van der Waals surface area contributed by atoms with Crippen LogP contribution in [0.25, 0.3) is 5.57 Å². The molecule has 0 spiro atoms. The number of carbonyl (C=O) groups excluding carboxylic acids is 1. The molecular formula is C23H34N2O2. The predicted octanol–water partition coefficient (Wildman–Crippen LogP) is 5.73. The van der Waals surface area contributed by atoms with Gasteiger partial charge in [0, 0.05) is 24.3 Å². The molecular weight excluding hydrogens is 336 g/mol. The Hall–Kier alpha value is -1.97. The number of hydrogen-bond donors (Lipinski definition) is 1. The standard InChI is InChI=1S/C23H34N2O2/c1-2-3-7-16-27-23(26)25-14-12-18(13-15-25)20-10-11-22(24)21(17-20)19-8-5-4-6-9-19/h8,10-11,17-18H,2-7,9,12-16,24H2,1H3. The average Bonchev–Trinajstić information content (AvgIpc) is 2.72. The van der Waals surface area contributed by atoms with E-state index in [2.05, 4.69) is 31.2 Å². The summed E-state index contributed by atoms with van der Waals surface area (Å²) in [6, 6.07) is 6.54. The first kappa shape index (κ1) is 19.8. The molecule has 0 radical (unpaired) electrons. The van der Waals surface area contributed by atoms with E-state index in [0.717, 1.165) is 63.7 Å². The summed E-state index contributed by atoms with van der Waals surface area (Å²) in [5.41, 5.74) is 11.2. The molecule has 148 valence electrons. The van der Waals surface area contributed by atoms with E-state index in [1.165, 1.54) is 29.5 Å². The Balaban J connectivity index is 1.56. The van der Waals surface area contributed by atoms with E-state index in [4.69, 9.17) is 10.5 Å². The van der Waals surface area contributed by atoms with E-state index in [9.17, 15) is 4.79 Å². The number of allylic oxidation sites excluding steroid dienone is 2. The Kier molecular flexibility index (Phi) is 7.19. The average molecular weight is 371 g/mol. The van der Waals surface area contributed by atoms with Gasteiger partial charge in [0.05, 0.1) is 6.61 Å². The molecule has 1 aliphatic heterocycles. The number of rotatable bonds is 6. The number of likely N-dealkylation sites (tertiary alicyclic amines) is 1. The number of ether oxygens (including phenoxy) is 1. The van der Waals surface area contributed by atoms with Gasteiger partial charge in [-0.25, -0.2) is 4.79 Å². The Labute approximate surface area is 163 Å². The normalized spacial score (nSPS) is 18.3. The maximum absolute atomic E-state index is 12.2. The Morgan fingerprint density at radius 3 is 2.74 bits per heavy atom. The van der Waals surface area contributed by atoms with Gasteiger partial charge in [-0.05, 0) is 74.1 Å². The van der Waals surface area contributed by atoms with E-state index in [-0.39, 0.29) is 6.09 Å². The minimum Gasteiger partial charge on any atom is -0.449 e. The Morgan fingerprint density at radius 1 is 1.22 bits per heavy atom. The van der Waals surface area contributed by atoms with E-state index in [1.54, 1.807) is 0 Å². The highest BCUT2D eigenvalue weighted by Gasteiger charge is 2.25. The van der Waals surface area contributed by atoms with Crippen LogP contribution in [-0.4, -0.2) is 30.7 Å². The van der Waals surface area contributed by atoms with Crippen LogP contribution in [0.4, 0.5) is 10.5 Å². The smallest absolute Gasteiger partial charge is 0.409 e. The lowest BCUT2D eigenvalue weighted by atomic mass is 9.85. The lowest BCUT2D eigenvalue weighted by Crippen LogP contribution is -2.38. The first-order valence-corrected chi connectivity index (χ1v) is 10.7. The van der Waals surface area contributed by atoms with Crippen molar-refractivity contribution in [1.82, 2.24) is 4.90 Å². The monoisotopic (exact) mass is 370 g/mol. The van der Waals surface area contributed by atoms with Crippen molar-refractivity contribution in [2.45, 2.75) is 70.6 Å². The van der Waals surface area contributed by atoms with Crippen molar-refractivity contribution in [3.05, 3.63) is 35.4 Å². The number of nitrogens with two attached hydrogens (primary N) is 1. The molecule has 0 unspecified atom stereocenters. The lowest BCUT2D eigenvalue weighted by molar-refractivity contribution is 0.0912. The maximum Gasteiger partial charge on any atom is 0.409 e. The van der Waals surface area contributed by atoms with Gasteiger partial charge in [-0.3, -0.25) is 0 Å². The largest absolute Gasteiger partial charge is 0.449 e. The predicted molar refractivity (Wildman–Crippen MR) is 112 cm³/mol. The number of hydrogen-bond acceptors (Lipinski definition) is 3. The molecule has 1 aromatic carbocycles. The molecule has 1 amide bonds. The van der Waals surface area contributed by atoms with Crippen LogP contribution in [0.5, 0.6) is 0 Å². The fraction of sp³-hybridized carbons (Fsp3) is 0.609. The number of nitrogen functional groups attached to an aromatic ring is 1. The van der Waals surface area contributed by atoms with E-state index in [0.29, 0.717) is 12.5 Å². The summed E-state index contributed by atoms with van der Waals surface area (Å²) in [4.78, 5) is 14.1. The first-order valence-electron chi connectivity index (χ1n) is 10.7. The van der Waals surface area contributed by atoms with Crippen molar-refractivity contribution in [2.24, 2.45) is 0 Å². The molecule has 2 N–H and O–H groups in total. The van der Waals surface area contributed by atoms with Crippen LogP contribution in [0.15, 0.2) is 24.3 Å². The third kappa shape index (κ3) is 5.27. The third-order valence-electron chi connectivity index (χ3n) is 5.91. The van der Waals surface area contributed by atoms with Gasteiger partial charge in [0.1, 0.15) is 0 Å². The molecule has 0 bridgehead atoms. The van der Waals surface area contributed by atoms with Crippen LogP contribution in [0.1, 0.15) is 81.8 Å². The highest BCUT2D eigenvalue weighted by Crippen LogP contribution is 2.35. The Bertz CT molecular complexity index is 660. The summed E-state index contributed by atoms with van der Waals surface area (Å²) in [6.45, 7) is 4.25. The summed E-state index contributed by atoms with van der Waals surface area (Å²) in [5, 5.41) is 0. The lowest BCUT2D eigenvalue weighted by Gasteiger charge is -2.32. The molecule has 2 aliphatic rings. The van der Waals surface area contributed by atoms with Gasteiger partial charge < -0.3 is 15.4 Å². The summed E-state index contributed by atoms with van der Waals surface area (Å²) in [7, 11) is 0. The van der Waals surface area contributed by atoms with Crippen molar-refractivity contribution >= 4 is 17.4 Å². The molecule has 1 fully saturated rings. The van der Waals surface area contributed by atoms with Crippen LogP contribution in [0.2, 0.25) is 0 Å². The summed E-state index contributed by atoms with van der Waals surface area (Å²) < 4.78 is 5.40. The molecule has 4 heteroatoms. The van der Waals surface area contributed by atoms with E-state index in [1.807, 2.05) is 4.90 Å². The van der Waals surface area contributed by atoms with Crippen molar-refractivity contribution in [2.75, 3.05) is 25.4 Å². The minimum atomic E-state index is -0.144. The first-order chi connectivity index (χ1) is 13.2. The molecule has 1 saturated heterocycles. The zero-order valence-electron chi connectivity index (χ0n) is 16.7. The fourth-order valence-electron chi connectivity index (χ4n) is 4.19. The van der Waals surface area contributed by atoms with Crippen LogP contribution in [-0.2, 0) is 4.74 Å². The highest BCUT2D eigenvalue weighted by atomic mass is 16.6. The quantitative estimate of drug-likeness (QED) is 0.514. The number of benzene rings is 1. The number of carbonyl (C=O) groups is 1. The SMILES string of the molecule is CCCCCOC(=O)N1CCC(c2ccc(N)c(C3=CCCCC3)c2)CC1.